The standard InChI is InChI=1S/C24H17ClFNO3/c1-14-6-9-16(13-19(14)26)23(29)24-22(18-4-2-3-5-20(18)30-24)27-21(28)12-15-7-10-17(25)11-8-15/h2-11,13H,12H2,1H3,(H,27,28). The van der Waals surface area contributed by atoms with E-state index < -0.39 is 11.6 Å². The average molecular weight is 422 g/mol. The number of hydrogen-bond donors (Lipinski definition) is 1. The lowest BCUT2D eigenvalue weighted by Gasteiger charge is -2.07. The van der Waals surface area contributed by atoms with Gasteiger partial charge < -0.3 is 9.73 Å². The predicted octanol–water partition coefficient (Wildman–Crippen LogP) is 5.95. The van der Waals surface area contributed by atoms with Crippen molar-refractivity contribution in [1.82, 2.24) is 0 Å². The van der Waals surface area contributed by atoms with Crippen molar-refractivity contribution in [2.45, 2.75) is 13.3 Å². The molecule has 0 spiro atoms. The van der Waals surface area contributed by atoms with Crippen LogP contribution in [0.4, 0.5) is 10.1 Å². The maximum Gasteiger partial charge on any atom is 0.230 e. The van der Waals surface area contributed by atoms with Crippen LogP contribution in [0.2, 0.25) is 5.02 Å². The minimum atomic E-state index is -0.508. The number of carbonyl (C=O) groups excluding carboxylic acids is 2. The molecular formula is C24H17ClFNO3. The van der Waals surface area contributed by atoms with E-state index in [1.807, 2.05) is 0 Å². The van der Waals surface area contributed by atoms with Gasteiger partial charge in [-0.05, 0) is 48.4 Å². The van der Waals surface area contributed by atoms with Crippen LogP contribution in [0, 0.1) is 12.7 Å². The van der Waals surface area contributed by atoms with Crippen LogP contribution in [-0.2, 0) is 11.2 Å². The first-order valence-electron chi connectivity index (χ1n) is 9.29. The molecule has 0 radical (unpaired) electrons. The Bertz CT molecular complexity index is 1260. The lowest BCUT2D eigenvalue weighted by molar-refractivity contribution is -0.115. The first-order chi connectivity index (χ1) is 14.4. The van der Waals surface area contributed by atoms with Crippen LogP contribution >= 0.6 is 11.6 Å². The average Bonchev–Trinajstić information content (AvgIpc) is 3.09. The summed E-state index contributed by atoms with van der Waals surface area (Å²) in [7, 11) is 0. The van der Waals surface area contributed by atoms with Crippen LogP contribution in [0.15, 0.2) is 71.1 Å². The molecule has 1 N–H and O–H groups in total. The molecule has 1 heterocycles. The number of rotatable bonds is 5. The molecule has 0 fully saturated rings. The maximum absolute atomic E-state index is 14.0. The molecule has 0 saturated heterocycles. The van der Waals surface area contributed by atoms with E-state index >= 15 is 0 Å². The third-order valence-corrected chi connectivity index (χ3v) is 5.03. The van der Waals surface area contributed by atoms with Crippen molar-refractivity contribution in [3.05, 3.63) is 100 Å². The number of furan rings is 1. The highest BCUT2D eigenvalue weighted by molar-refractivity contribution is 6.30. The summed E-state index contributed by atoms with van der Waals surface area (Å²) < 4.78 is 19.7. The van der Waals surface area contributed by atoms with Crippen LogP contribution in [0.5, 0.6) is 0 Å². The van der Waals surface area contributed by atoms with Gasteiger partial charge in [0.2, 0.25) is 11.7 Å². The van der Waals surface area contributed by atoms with E-state index in [1.54, 1.807) is 55.5 Å². The van der Waals surface area contributed by atoms with Gasteiger partial charge in [0.1, 0.15) is 11.4 Å². The molecule has 0 bridgehead atoms. The highest BCUT2D eigenvalue weighted by atomic mass is 35.5. The number of benzene rings is 3. The summed E-state index contributed by atoms with van der Waals surface area (Å²) in [5, 5.41) is 3.97. The van der Waals surface area contributed by atoms with E-state index in [2.05, 4.69) is 5.32 Å². The third-order valence-electron chi connectivity index (χ3n) is 4.78. The number of anilines is 1. The van der Waals surface area contributed by atoms with Crippen molar-refractivity contribution in [2.24, 2.45) is 0 Å². The predicted molar refractivity (Wildman–Crippen MR) is 115 cm³/mol. The molecule has 4 nitrogen and oxygen atoms in total. The van der Waals surface area contributed by atoms with Gasteiger partial charge in [0.05, 0.1) is 12.1 Å². The second-order valence-corrected chi connectivity index (χ2v) is 7.38. The molecule has 30 heavy (non-hydrogen) atoms. The molecular weight excluding hydrogens is 405 g/mol. The van der Waals surface area contributed by atoms with Crippen LogP contribution in [0.1, 0.15) is 27.2 Å². The Balaban J connectivity index is 1.69. The minimum absolute atomic E-state index is 0.0380. The summed E-state index contributed by atoms with van der Waals surface area (Å²) in [4.78, 5) is 25.7. The molecule has 150 valence electrons. The molecule has 3 aromatic carbocycles. The van der Waals surface area contributed by atoms with Gasteiger partial charge in [-0.3, -0.25) is 9.59 Å². The highest BCUT2D eigenvalue weighted by Crippen LogP contribution is 2.33. The monoisotopic (exact) mass is 421 g/mol. The van der Waals surface area contributed by atoms with Gasteiger partial charge in [0.25, 0.3) is 0 Å². The van der Waals surface area contributed by atoms with E-state index in [0.29, 0.717) is 21.6 Å². The molecule has 1 amide bonds. The number of halogens is 2. The SMILES string of the molecule is Cc1ccc(C(=O)c2oc3ccccc3c2NC(=O)Cc2ccc(Cl)cc2)cc1F. The Morgan fingerprint density at radius 2 is 1.77 bits per heavy atom. The van der Waals surface area contributed by atoms with Crippen molar-refractivity contribution in [3.63, 3.8) is 0 Å². The second-order valence-electron chi connectivity index (χ2n) is 6.95. The van der Waals surface area contributed by atoms with Gasteiger partial charge >= 0.3 is 0 Å². The molecule has 1 aromatic heterocycles. The van der Waals surface area contributed by atoms with Crippen molar-refractivity contribution in [1.29, 1.82) is 0 Å². The number of aryl methyl sites for hydroxylation is 1. The number of para-hydroxylation sites is 1. The van der Waals surface area contributed by atoms with Gasteiger partial charge in [-0.15, -0.1) is 0 Å². The Morgan fingerprint density at radius 3 is 2.50 bits per heavy atom. The van der Waals surface area contributed by atoms with Gasteiger partial charge in [-0.1, -0.05) is 48.0 Å². The zero-order valence-corrected chi connectivity index (χ0v) is 16.8. The Morgan fingerprint density at radius 1 is 1.03 bits per heavy atom. The van der Waals surface area contributed by atoms with Crippen molar-refractivity contribution in [2.75, 3.05) is 5.32 Å². The van der Waals surface area contributed by atoms with E-state index in [-0.39, 0.29) is 29.3 Å². The largest absolute Gasteiger partial charge is 0.450 e. The summed E-state index contributed by atoms with van der Waals surface area (Å²) in [5.41, 5.74) is 2.09. The molecule has 0 aliphatic rings. The first kappa shape index (κ1) is 19.9. The maximum atomic E-state index is 14.0. The highest BCUT2D eigenvalue weighted by Gasteiger charge is 2.24. The van der Waals surface area contributed by atoms with E-state index in [0.717, 1.165) is 5.56 Å². The molecule has 0 aliphatic heterocycles. The molecule has 0 saturated carbocycles. The Labute approximate surface area is 177 Å². The summed E-state index contributed by atoms with van der Waals surface area (Å²) in [6.45, 7) is 1.62. The number of amides is 1. The van der Waals surface area contributed by atoms with Crippen LogP contribution < -0.4 is 5.32 Å². The molecule has 4 aromatic rings. The summed E-state index contributed by atoms with van der Waals surface area (Å²) in [5.74, 6) is -1.34. The van der Waals surface area contributed by atoms with Crippen LogP contribution in [-0.4, -0.2) is 11.7 Å². The second kappa shape index (κ2) is 8.13. The van der Waals surface area contributed by atoms with Gasteiger partial charge in [-0.2, -0.15) is 0 Å². The minimum Gasteiger partial charge on any atom is -0.450 e. The van der Waals surface area contributed by atoms with Crippen LogP contribution in [0.25, 0.3) is 11.0 Å². The molecule has 6 heteroatoms. The molecule has 0 aliphatic carbocycles. The van der Waals surface area contributed by atoms with Gasteiger partial charge in [0.15, 0.2) is 5.76 Å². The zero-order chi connectivity index (χ0) is 21.3. The number of fused-ring (bicyclic) bond motifs is 1. The third kappa shape index (κ3) is 3.98. The number of carbonyl (C=O) groups is 2. The van der Waals surface area contributed by atoms with Gasteiger partial charge in [-0.25, -0.2) is 4.39 Å². The Hall–Kier alpha value is -3.44. The van der Waals surface area contributed by atoms with Crippen molar-refractivity contribution in [3.8, 4) is 0 Å². The smallest absolute Gasteiger partial charge is 0.230 e. The lowest BCUT2D eigenvalue weighted by Crippen LogP contribution is -2.16. The van der Waals surface area contributed by atoms with E-state index in [4.69, 9.17) is 16.0 Å². The van der Waals surface area contributed by atoms with E-state index in [1.165, 1.54) is 18.2 Å². The van der Waals surface area contributed by atoms with E-state index in [9.17, 15) is 14.0 Å². The molecule has 4 rings (SSSR count). The molecule has 0 atom stereocenters. The zero-order valence-electron chi connectivity index (χ0n) is 16.0. The fraction of sp³-hybridized carbons (Fsp3) is 0.0833. The summed E-state index contributed by atoms with van der Waals surface area (Å²) in [6.07, 6.45) is 0.101. The van der Waals surface area contributed by atoms with Crippen molar-refractivity contribution >= 4 is 39.9 Å². The quantitative estimate of drug-likeness (QED) is 0.405. The fourth-order valence-corrected chi connectivity index (χ4v) is 3.29. The lowest BCUT2D eigenvalue weighted by atomic mass is 10.0. The Kier molecular flexibility index (Phi) is 5.38. The van der Waals surface area contributed by atoms with Gasteiger partial charge in [0, 0.05) is 16.0 Å². The molecule has 0 unspecified atom stereocenters. The summed E-state index contributed by atoms with van der Waals surface area (Å²) >= 11 is 5.89. The van der Waals surface area contributed by atoms with Crippen molar-refractivity contribution < 1.29 is 18.4 Å². The number of nitrogens with one attached hydrogen (secondary N) is 1. The number of ketones is 1. The van der Waals surface area contributed by atoms with Crippen LogP contribution in [0.3, 0.4) is 0 Å². The summed E-state index contributed by atoms with van der Waals surface area (Å²) in [6, 6.07) is 18.2. The topological polar surface area (TPSA) is 59.3 Å². The first-order valence-corrected chi connectivity index (χ1v) is 9.67. The number of hydrogen-bond acceptors (Lipinski definition) is 3. The normalized spacial score (nSPS) is 10.9. The fourth-order valence-electron chi connectivity index (χ4n) is 3.17.